The number of nitrogens with two attached hydrogens (primary N) is 1. The molecule has 0 bridgehead atoms. The molecule has 0 saturated carbocycles. The van der Waals surface area contributed by atoms with Crippen molar-refractivity contribution >= 4 is 63.5 Å². The molecule has 10 rings (SSSR count). The maximum absolute atomic E-state index is 12.9. The van der Waals surface area contributed by atoms with Gasteiger partial charge in [-0.1, -0.05) is 68.1 Å². The molecule has 0 radical (unpaired) electrons. The van der Waals surface area contributed by atoms with E-state index in [1.165, 1.54) is 18.2 Å². The first-order chi connectivity index (χ1) is 33.3. The summed E-state index contributed by atoms with van der Waals surface area (Å²) in [7, 11) is 1.34. The molecule has 15 nitrogen and oxygen atoms in total. The lowest BCUT2D eigenvalue weighted by molar-refractivity contribution is -0.142. The van der Waals surface area contributed by atoms with Crippen molar-refractivity contribution in [1.29, 1.82) is 0 Å². The Hall–Kier alpha value is -7.23. The van der Waals surface area contributed by atoms with Gasteiger partial charge in [0.25, 0.3) is 0 Å². The predicted octanol–water partition coefficient (Wildman–Crippen LogP) is 7.24. The minimum Gasteiger partial charge on any atom is -0.480 e. The van der Waals surface area contributed by atoms with Crippen molar-refractivity contribution in [3.63, 3.8) is 0 Å². The zero-order chi connectivity index (χ0) is 48.6. The Bertz CT molecular complexity index is 2940. The number of aliphatic carboxylic acids is 1. The molecule has 6 aromatic rings. The predicted molar refractivity (Wildman–Crippen MR) is 272 cm³/mol. The number of Topliss-reactive ketones (excluding diaryl/α,β-unsaturated/α-hetero) is 2. The minimum atomic E-state index is -1.07. The number of aryl methyl sites for hydroxylation is 2. The summed E-state index contributed by atoms with van der Waals surface area (Å²) in [5, 5.41) is 31.6. The number of nitrogens with one attached hydrogen (secondary N) is 4. The molecule has 4 aromatic carbocycles. The Morgan fingerprint density at radius 3 is 1.74 bits per heavy atom. The number of hydrogen-bond acceptors (Lipinski definition) is 10. The van der Waals surface area contributed by atoms with E-state index >= 15 is 0 Å². The summed E-state index contributed by atoms with van der Waals surface area (Å²) >= 11 is 0. The fourth-order valence-electron chi connectivity index (χ4n) is 9.96. The highest BCUT2D eigenvalue weighted by atomic mass is 16.5. The fraction of sp³-hybridized carbons (Fsp3) is 0.364. The van der Waals surface area contributed by atoms with Crippen LogP contribution in [0.5, 0.6) is 0 Å². The monoisotopic (exact) mass is 948 g/mol. The van der Waals surface area contributed by atoms with Crippen LogP contribution in [0.2, 0.25) is 0 Å². The number of rotatable bonds is 9. The van der Waals surface area contributed by atoms with Gasteiger partial charge in [-0.25, -0.2) is 9.59 Å². The van der Waals surface area contributed by atoms with Gasteiger partial charge in [0.15, 0.2) is 11.6 Å². The van der Waals surface area contributed by atoms with Crippen LogP contribution in [-0.2, 0) is 49.6 Å². The van der Waals surface area contributed by atoms with E-state index < -0.39 is 24.0 Å². The summed E-state index contributed by atoms with van der Waals surface area (Å²) in [5.74, 6) is -0.403. The van der Waals surface area contributed by atoms with E-state index in [4.69, 9.17) is 5.73 Å². The number of carbonyl (C=O) groups excluding carboxylic acids is 4. The summed E-state index contributed by atoms with van der Waals surface area (Å²) in [6.07, 6.45) is 12.8. The van der Waals surface area contributed by atoms with Crippen LogP contribution in [0.25, 0.3) is 34.0 Å². The van der Waals surface area contributed by atoms with Crippen LogP contribution in [0.3, 0.4) is 0 Å². The lowest BCUT2D eigenvalue weighted by atomic mass is 9.80. The summed E-state index contributed by atoms with van der Waals surface area (Å²) < 4.78 is 4.60. The van der Waals surface area contributed by atoms with Gasteiger partial charge in [-0.3, -0.25) is 24.6 Å². The van der Waals surface area contributed by atoms with Crippen molar-refractivity contribution in [2.75, 3.05) is 33.3 Å². The van der Waals surface area contributed by atoms with Gasteiger partial charge in [-0.15, -0.1) is 0 Å². The molecule has 2 aliphatic carbocycles. The molecule has 2 aromatic heterocycles. The highest BCUT2D eigenvalue weighted by molar-refractivity contribution is 6.05. The maximum atomic E-state index is 12.9. The number of aromatic amines is 2. The van der Waals surface area contributed by atoms with Gasteiger partial charge in [0, 0.05) is 43.1 Å². The molecule has 2 fully saturated rings. The molecule has 2 amide bonds. The van der Waals surface area contributed by atoms with Crippen molar-refractivity contribution in [3.8, 4) is 0 Å². The SMILES string of the molecule is C.COC(=O)[C@H](N)Cc1cc(C)c2[nH]ncc2c1.Cc1cc(C[C@@H](NC(=O)N2CCC(C3=Cc4ccccc4CC3=O)CC2)C(=O)O)cc2cn[nH]c12.O=C1Cc2ccccc2C=C1C1CCNCC1. The molecule has 4 aliphatic rings. The molecule has 70 heavy (non-hydrogen) atoms. The summed E-state index contributed by atoms with van der Waals surface area (Å²) in [4.78, 5) is 62.6. The van der Waals surface area contributed by atoms with E-state index in [1.807, 2.05) is 80.6 Å². The number of esters is 1. The highest BCUT2D eigenvalue weighted by Gasteiger charge is 2.32. The number of carboxylic acids is 1. The van der Waals surface area contributed by atoms with Gasteiger partial charge in [0.05, 0.1) is 30.5 Å². The highest BCUT2D eigenvalue weighted by Crippen LogP contribution is 2.33. The van der Waals surface area contributed by atoms with E-state index in [0.29, 0.717) is 56.9 Å². The van der Waals surface area contributed by atoms with Crippen molar-refractivity contribution in [2.24, 2.45) is 17.6 Å². The Kier molecular flexibility index (Phi) is 16.6. The fourth-order valence-corrected chi connectivity index (χ4v) is 9.96. The number of H-pyrrole nitrogens is 2. The second-order valence-corrected chi connectivity index (χ2v) is 18.5. The number of fused-ring (bicyclic) bond motifs is 4. The number of hydrogen-bond donors (Lipinski definition) is 6. The van der Waals surface area contributed by atoms with Crippen LogP contribution in [0.1, 0.15) is 77.6 Å². The standard InChI is InChI=1S/C27H28N4O4.C15H17NO.C12H15N3O2.CH4/c1-16-10-17(11-21-15-28-30-25(16)21)12-23(26(33)34)29-27(35)31-8-6-18(7-9-31)22-13-19-4-2-3-5-20(19)14-24(22)32;17-15-10-13-4-2-1-3-12(13)9-14(15)11-5-7-16-8-6-11;1-7-3-8(5-10(13)12(16)17-2)4-9-6-14-15-11(7)9;/h2-5,10-11,13,15,18,23H,6-9,12,14H2,1H3,(H,28,30)(H,29,35)(H,33,34);1-4,9,11,16H,5-8,10H2;3-4,6,10H,5,13H2,1-2H3,(H,14,15);1H4/t23-;;10-;/m1.1./s1. The number of nitrogens with zero attached hydrogens (tertiary/aromatic N) is 3. The Morgan fingerprint density at radius 2 is 1.24 bits per heavy atom. The molecule has 0 unspecified atom stereocenters. The molecule has 4 heterocycles. The Morgan fingerprint density at radius 1 is 0.757 bits per heavy atom. The van der Waals surface area contributed by atoms with Crippen molar-refractivity contribution in [2.45, 2.75) is 84.7 Å². The number of ketones is 2. The Labute approximate surface area is 408 Å². The van der Waals surface area contributed by atoms with E-state index in [2.05, 4.69) is 54.0 Å². The van der Waals surface area contributed by atoms with Crippen molar-refractivity contribution in [1.82, 2.24) is 35.9 Å². The normalized spacial score (nSPS) is 16.7. The van der Waals surface area contributed by atoms with Crippen molar-refractivity contribution in [3.05, 3.63) is 141 Å². The number of carbonyl (C=O) groups is 5. The van der Waals surface area contributed by atoms with Crippen molar-refractivity contribution < 1.29 is 33.8 Å². The Balaban J connectivity index is 0.000000172. The van der Waals surface area contributed by atoms with E-state index in [0.717, 1.165) is 92.3 Å². The van der Waals surface area contributed by atoms with Gasteiger partial charge >= 0.3 is 18.0 Å². The summed E-state index contributed by atoms with van der Waals surface area (Å²) in [5.41, 5.74) is 18.0. The van der Waals surface area contributed by atoms with E-state index in [1.54, 1.807) is 17.3 Å². The number of aromatic nitrogens is 4. The average Bonchev–Trinajstić information content (AvgIpc) is 4.05. The molecule has 15 heteroatoms. The molecule has 7 N–H and O–H groups in total. The van der Waals surface area contributed by atoms with E-state index in [9.17, 15) is 29.1 Å². The van der Waals surface area contributed by atoms with Gasteiger partial charge in [0.1, 0.15) is 12.1 Å². The first kappa shape index (κ1) is 50.6. The third-order valence-electron chi connectivity index (χ3n) is 13.7. The molecule has 366 valence electrons. The summed E-state index contributed by atoms with van der Waals surface area (Å²) in [6.45, 7) is 6.97. The van der Waals surface area contributed by atoms with Gasteiger partial charge in [0.2, 0.25) is 0 Å². The molecule has 2 atom stereocenters. The third-order valence-corrected chi connectivity index (χ3v) is 13.7. The van der Waals surface area contributed by atoms with E-state index in [-0.39, 0.29) is 31.6 Å². The lowest BCUT2D eigenvalue weighted by Crippen LogP contribution is -2.51. The summed E-state index contributed by atoms with van der Waals surface area (Å²) in [6, 6.07) is 21.9. The number of ether oxygens (including phenoxy) is 1. The number of amides is 2. The molecule has 2 saturated heterocycles. The van der Waals surface area contributed by atoms with Gasteiger partial charge in [-0.05, 0) is 151 Å². The number of carboxylic acid groups (broad SMARTS) is 1. The number of methoxy groups -OCH3 is 1. The van der Waals surface area contributed by atoms with Gasteiger partial charge < -0.3 is 31.1 Å². The van der Waals surface area contributed by atoms with Crippen LogP contribution in [-0.4, -0.2) is 105 Å². The average molecular weight is 949 g/mol. The van der Waals surface area contributed by atoms with Crippen LogP contribution in [0.4, 0.5) is 4.79 Å². The number of benzene rings is 4. The van der Waals surface area contributed by atoms with Crippen LogP contribution < -0.4 is 16.4 Å². The number of urea groups is 1. The maximum Gasteiger partial charge on any atom is 0.326 e. The first-order valence-electron chi connectivity index (χ1n) is 23.7. The molecular formula is C55H64N8O7. The zero-order valence-corrected chi connectivity index (χ0v) is 39.3. The number of likely N-dealkylation sites (tertiary alicyclic amines) is 1. The smallest absolute Gasteiger partial charge is 0.326 e. The zero-order valence-electron chi connectivity index (χ0n) is 39.3. The first-order valence-corrected chi connectivity index (χ1v) is 23.7. The van der Waals surface area contributed by atoms with Crippen LogP contribution >= 0.6 is 0 Å². The lowest BCUT2D eigenvalue weighted by Gasteiger charge is -2.34. The molecular weight excluding hydrogens is 885 g/mol. The topological polar surface area (TPSA) is 225 Å². The third kappa shape index (κ3) is 12.0. The van der Waals surface area contributed by atoms with Crippen LogP contribution in [0.15, 0.2) is 96.3 Å². The largest absolute Gasteiger partial charge is 0.480 e. The molecule has 0 spiro atoms. The van der Waals surface area contributed by atoms with Gasteiger partial charge in [-0.2, -0.15) is 10.2 Å². The minimum absolute atomic E-state index is 0. The second-order valence-electron chi connectivity index (χ2n) is 18.5. The van der Waals surface area contributed by atoms with Crippen LogP contribution in [0, 0.1) is 25.7 Å². The molecule has 2 aliphatic heterocycles. The second kappa shape index (κ2) is 22.9. The quantitative estimate of drug-likeness (QED) is 0.0792. The number of piperidine rings is 2. The number of allylic oxidation sites excluding steroid dienone is 2.